The van der Waals surface area contributed by atoms with Crippen LogP contribution in [-0.4, -0.2) is 33.7 Å². The van der Waals surface area contributed by atoms with Gasteiger partial charge in [0.1, 0.15) is 0 Å². The molecule has 2 aromatic heterocycles. The van der Waals surface area contributed by atoms with E-state index in [0.29, 0.717) is 0 Å². The molecular weight excluding hydrogens is 394 g/mol. The number of thioether (sulfide) groups is 2. The second-order valence-electron chi connectivity index (χ2n) is 7.33. The van der Waals surface area contributed by atoms with Gasteiger partial charge in [-0.05, 0) is 67.0 Å². The average molecular weight is 422 g/mol. The van der Waals surface area contributed by atoms with Gasteiger partial charge in [0.2, 0.25) is 0 Å². The number of nitrogens with zero attached hydrogens (tertiary/aromatic N) is 3. The zero-order valence-corrected chi connectivity index (χ0v) is 18.5. The minimum atomic E-state index is 0.866. The van der Waals surface area contributed by atoms with Crippen molar-refractivity contribution in [2.45, 2.75) is 42.0 Å². The van der Waals surface area contributed by atoms with Crippen molar-refractivity contribution in [3.05, 3.63) is 83.3 Å². The molecule has 0 spiro atoms. The Morgan fingerprint density at radius 2 is 1.79 bits per heavy atom. The lowest BCUT2D eigenvalue weighted by Crippen LogP contribution is -2.31. The Morgan fingerprint density at radius 1 is 0.931 bits per heavy atom. The number of fused-ring (bicyclic) bond motifs is 1. The van der Waals surface area contributed by atoms with Crippen LogP contribution in [0.15, 0.2) is 70.8 Å². The topological polar surface area (TPSA) is 29.0 Å². The van der Waals surface area contributed by atoms with E-state index in [1.165, 1.54) is 53.2 Å². The highest BCUT2D eigenvalue weighted by Crippen LogP contribution is 2.28. The molecule has 0 atom stereocenters. The van der Waals surface area contributed by atoms with Crippen molar-refractivity contribution in [3.8, 4) is 0 Å². The van der Waals surface area contributed by atoms with Crippen LogP contribution in [-0.2, 0) is 18.7 Å². The van der Waals surface area contributed by atoms with Gasteiger partial charge in [0, 0.05) is 36.1 Å². The molecule has 1 aliphatic rings. The number of rotatable bonds is 8. The first-order valence-electron chi connectivity index (χ1n) is 10.2. The summed E-state index contributed by atoms with van der Waals surface area (Å²) >= 11 is 3.71. The molecule has 0 bridgehead atoms. The Morgan fingerprint density at radius 3 is 2.66 bits per heavy atom. The summed E-state index contributed by atoms with van der Waals surface area (Å²) in [7, 11) is 0. The van der Waals surface area contributed by atoms with Crippen LogP contribution < -0.4 is 0 Å². The highest BCUT2D eigenvalue weighted by molar-refractivity contribution is 7.99. The summed E-state index contributed by atoms with van der Waals surface area (Å²) in [6, 6.07) is 17.1. The summed E-state index contributed by atoms with van der Waals surface area (Å²) in [6.07, 6.45) is 6.19. The zero-order chi connectivity index (χ0) is 19.9. The molecule has 0 unspecified atom stereocenters. The number of pyridine rings is 2. The standard InChI is InChI=1S/C24H27N3S2/c1-19-22(18-29-24-9-4-5-12-26-24)25-13-10-23(19)28-16-6-14-27-15-11-20-7-2-3-8-21(20)17-27/h2-5,7-10,12-13H,6,11,14-18H2,1H3. The van der Waals surface area contributed by atoms with Gasteiger partial charge in [-0.3, -0.25) is 9.88 Å². The van der Waals surface area contributed by atoms with Crippen LogP contribution in [0.1, 0.15) is 28.8 Å². The highest BCUT2D eigenvalue weighted by atomic mass is 32.2. The molecule has 0 N–H and O–H groups in total. The van der Waals surface area contributed by atoms with Crippen LogP contribution in [0.2, 0.25) is 0 Å². The predicted molar refractivity (Wildman–Crippen MR) is 124 cm³/mol. The van der Waals surface area contributed by atoms with Gasteiger partial charge < -0.3 is 0 Å². The third-order valence-corrected chi connectivity index (χ3v) is 7.54. The molecule has 3 heterocycles. The summed E-state index contributed by atoms with van der Waals surface area (Å²) in [6.45, 7) is 5.66. The van der Waals surface area contributed by atoms with Crippen LogP contribution in [0.3, 0.4) is 0 Å². The van der Waals surface area contributed by atoms with Crippen LogP contribution >= 0.6 is 23.5 Å². The summed E-state index contributed by atoms with van der Waals surface area (Å²) in [4.78, 5) is 13.0. The Labute approximate surface area is 182 Å². The maximum absolute atomic E-state index is 4.61. The second kappa shape index (κ2) is 10.3. The molecule has 0 amide bonds. The maximum Gasteiger partial charge on any atom is 0.0963 e. The smallest absolute Gasteiger partial charge is 0.0963 e. The predicted octanol–water partition coefficient (Wildman–Crippen LogP) is 5.62. The van der Waals surface area contributed by atoms with E-state index in [0.717, 1.165) is 23.1 Å². The molecule has 0 saturated heterocycles. The quantitative estimate of drug-likeness (QED) is 0.348. The lowest BCUT2D eigenvalue weighted by Gasteiger charge is -2.28. The molecule has 29 heavy (non-hydrogen) atoms. The molecule has 0 aliphatic carbocycles. The van der Waals surface area contributed by atoms with Crippen molar-refractivity contribution < 1.29 is 0 Å². The van der Waals surface area contributed by atoms with Gasteiger partial charge in [0.05, 0.1) is 10.7 Å². The van der Waals surface area contributed by atoms with E-state index >= 15 is 0 Å². The third-order valence-electron chi connectivity index (χ3n) is 5.34. The van der Waals surface area contributed by atoms with Crippen LogP contribution in [0.5, 0.6) is 0 Å². The first kappa shape index (κ1) is 20.5. The van der Waals surface area contributed by atoms with Gasteiger partial charge in [-0.25, -0.2) is 4.98 Å². The molecule has 5 heteroatoms. The number of benzene rings is 1. The van der Waals surface area contributed by atoms with Gasteiger partial charge in [-0.2, -0.15) is 0 Å². The number of aromatic nitrogens is 2. The molecule has 3 nitrogen and oxygen atoms in total. The highest BCUT2D eigenvalue weighted by Gasteiger charge is 2.15. The summed E-state index contributed by atoms with van der Waals surface area (Å²) in [5.74, 6) is 2.01. The maximum atomic E-state index is 4.61. The van der Waals surface area contributed by atoms with Crippen molar-refractivity contribution in [2.24, 2.45) is 0 Å². The average Bonchev–Trinajstić information content (AvgIpc) is 2.77. The Balaban J connectivity index is 1.25. The fourth-order valence-electron chi connectivity index (χ4n) is 3.65. The van der Waals surface area contributed by atoms with Crippen molar-refractivity contribution in [3.63, 3.8) is 0 Å². The lowest BCUT2D eigenvalue weighted by atomic mass is 10.00. The second-order valence-corrected chi connectivity index (χ2v) is 9.47. The monoisotopic (exact) mass is 421 g/mol. The molecule has 0 radical (unpaired) electrons. The van der Waals surface area contributed by atoms with Crippen molar-refractivity contribution >= 4 is 23.5 Å². The molecule has 4 rings (SSSR count). The molecular formula is C24H27N3S2. The molecule has 0 saturated carbocycles. The molecule has 150 valence electrons. The van der Waals surface area contributed by atoms with Crippen LogP contribution in [0.4, 0.5) is 0 Å². The zero-order valence-electron chi connectivity index (χ0n) is 16.9. The van der Waals surface area contributed by atoms with Crippen LogP contribution in [0.25, 0.3) is 0 Å². The summed E-state index contributed by atoms with van der Waals surface area (Å²) < 4.78 is 0. The van der Waals surface area contributed by atoms with E-state index in [-0.39, 0.29) is 0 Å². The minimum absolute atomic E-state index is 0.866. The van der Waals surface area contributed by atoms with Crippen LogP contribution in [0, 0.1) is 6.92 Å². The Hall–Kier alpha value is -1.82. The first-order valence-corrected chi connectivity index (χ1v) is 12.2. The Bertz CT molecular complexity index is 930. The number of hydrogen-bond acceptors (Lipinski definition) is 5. The fraction of sp³-hybridized carbons (Fsp3) is 0.333. The third kappa shape index (κ3) is 5.62. The lowest BCUT2D eigenvalue weighted by molar-refractivity contribution is 0.255. The number of hydrogen-bond donors (Lipinski definition) is 0. The normalized spacial score (nSPS) is 14.0. The van der Waals surface area contributed by atoms with E-state index in [9.17, 15) is 0 Å². The fourth-order valence-corrected chi connectivity index (χ4v) is 5.52. The van der Waals surface area contributed by atoms with E-state index < -0.39 is 0 Å². The minimum Gasteiger partial charge on any atom is -0.299 e. The van der Waals surface area contributed by atoms with Gasteiger partial charge in [-0.15, -0.1) is 23.5 Å². The van der Waals surface area contributed by atoms with E-state index in [2.05, 4.69) is 58.2 Å². The molecule has 1 aliphatic heterocycles. The summed E-state index contributed by atoms with van der Waals surface area (Å²) in [5.41, 5.74) is 5.51. The van der Waals surface area contributed by atoms with Crippen molar-refractivity contribution in [1.29, 1.82) is 0 Å². The summed E-state index contributed by atoms with van der Waals surface area (Å²) in [5, 5.41) is 1.05. The Kier molecular flexibility index (Phi) is 7.25. The van der Waals surface area contributed by atoms with Gasteiger partial charge >= 0.3 is 0 Å². The van der Waals surface area contributed by atoms with E-state index in [4.69, 9.17) is 0 Å². The van der Waals surface area contributed by atoms with E-state index in [1.807, 2.05) is 36.3 Å². The van der Waals surface area contributed by atoms with Gasteiger partial charge in [0.25, 0.3) is 0 Å². The van der Waals surface area contributed by atoms with Crippen molar-refractivity contribution in [1.82, 2.24) is 14.9 Å². The molecule has 3 aromatic rings. The van der Waals surface area contributed by atoms with Crippen molar-refractivity contribution in [2.75, 3.05) is 18.8 Å². The van der Waals surface area contributed by atoms with E-state index in [1.54, 1.807) is 11.8 Å². The molecule has 0 fully saturated rings. The largest absolute Gasteiger partial charge is 0.299 e. The first-order chi connectivity index (χ1) is 14.3. The molecule has 1 aromatic carbocycles. The van der Waals surface area contributed by atoms with Gasteiger partial charge in [0.15, 0.2) is 0 Å². The SMILES string of the molecule is Cc1c(SCCCN2CCc3ccccc3C2)ccnc1CSc1ccccn1. The van der Waals surface area contributed by atoms with Gasteiger partial charge in [-0.1, -0.05) is 30.3 Å².